The first-order valence-corrected chi connectivity index (χ1v) is 14.4. The highest BCUT2D eigenvalue weighted by atomic mass is 35.5. The topological polar surface area (TPSA) is 62.7 Å². The minimum absolute atomic E-state index is 0.0188. The Labute approximate surface area is 227 Å². The largest absolute Gasteiger partial charge is 0.493 e. The summed E-state index contributed by atoms with van der Waals surface area (Å²) in [7, 11) is -4.04. The van der Waals surface area contributed by atoms with E-state index in [4.69, 9.17) is 39.5 Å². The number of rotatable bonds is 10. The first-order chi connectivity index (χ1) is 17.3. The van der Waals surface area contributed by atoms with Gasteiger partial charge in [-0.1, -0.05) is 59.4 Å². The van der Waals surface area contributed by atoms with Gasteiger partial charge in [0.1, 0.15) is 5.75 Å². The van der Waals surface area contributed by atoms with Crippen molar-refractivity contribution in [1.82, 2.24) is 9.88 Å². The Kier molecular flexibility index (Phi) is 9.36. The normalized spacial score (nSPS) is 14.5. The second-order valence-electron chi connectivity index (χ2n) is 8.64. The number of nitrogens with zero attached hydrogens (tertiary/aromatic N) is 3. The molecule has 1 aliphatic rings. The molecule has 192 valence electrons. The Morgan fingerprint density at radius 3 is 2.42 bits per heavy atom. The van der Waals surface area contributed by atoms with Crippen molar-refractivity contribution in [2.24, 2.45) is 0 Å². The third kappa shape index (κ3) is 6.84. The molecule has 4 rings (SSSR count). The Bertz CT molecular complexity index is 1270. The van der Waals surface area contributed by atoms with E-state index in [0.29, 0.717) is 22.9 Å². The number of para-hydroxylation sites is 1. The fourth-order valence-corrected chi connectivity index (χ4v) is 6.18. The van der Waals surface area contributed by atoms with Crippen LogP contribution in [0.1, 0.15) is 31.2 Å². The van der Waals surface area contributed by atoms with Gasteiger partial charge in [0.25, 0.3) is 10.0 Å². The number of halogens is 3. The maximum absolute atomic E-state index is 13.8. The minimum Gasteiger partial charge on any atom is -0.493 e. The van der Waals surface area contributed by atoms with E-state index in [1.54, 1.807) is 0 Å². The molecule has 2 aromatic carbocycles. The van der Waals surface area contributed by atoms with Crippen LogP contribution in [-0.4, -0.2) is 44.5 Å². The van der Waals surface area contributed by atoms with Gasteiger partial charge in [-0.3, -0.25) is 4.31 Å². The summed E-state index contributed by atoms with van der Waals surface area (Å²) in [5.41, 5.74) is 0.878. The van der Waals surface area contributed by atoms with Gasteiger partial charge in [-0.25, -0.2) is 13.4 Å². The lowest BCUT2D eigenvalue weighted by Crippen LogP contribution is -2.31. The average molecular weight is 569 g/mol. The molecule has 0 bridgehead atoms. The maximum Gasteiger partial charge on any atom is 0.264 e. The monoisotopic (exact) mass is 567 g/mol. The molecule has 2 heterocycles. The highest BCUT2D eigenvalue weighted by Gasteiger charge is 2.28. The summed E-state index contributed by atoms with van der Waals surface area (Å²) in [5.74, 6) is 0.624. The molecular formula is C26H28Cl3N3O3S. The standard InChI is InChI=1S/C26H28Cl3N3O3S/c27-21-9-11-23(12-10-21)36(33,34)32(24-17-22(28)18-30-26(24)29)19-20-7-2-3-8-25(20)35-16-6-15-31-13-4-1-5-14-31/h2-3,7-12,17-18H,1,4-6,13-16,19H2. The van der Waals surface area contributed by atoms with Gasteiger partial charge in [0.05, 0.1) is 28.8 Å². The molecule has 6 nitrogen and oxygen atoms in total. The first-order valence-electron chi connectivity index (χ1n) is 11.9. The molecular weight excluding hydrogens is 541 g/mol. The molecule has 0 N–H and O–H groups in total. The number of ether oxygens (including phenoxy) is 1. The SMILES string of the molecule is O=S(=O)(c1ccc(Cl)cc1)N(Cc1ccccc1OCCCN1CCCCC1)c1cc(Cl)cnc1Cl. The van der Waals surface area contributed by atoms with Crippen molar-refractivity contribution in [2.75, 3.05) is 30.5 Å². The Balaban J connectivity index is 1.58. The molecule has 1 saturated heterocycles. The summed E-state index contributed by atoms with van der Waals surface area (Å²) < 4.78 is 34.8. The third-order valence-corrected chi connectivity index (χ3v) is 8.59. The van der Waals surface area contributed by atoms with E-state index in [-0.39, 0.29) is 27.3 Å². The predicted molar refractivity (Wildman–Crippen MR) is 146 cm³/mol. The van der Waals surface area contributed by atoms with Crippen molar-refractivity contribution in [3.05, 3.63) is 81.6 Å². The van der Waals surface area contributed by atoms with Gasteiger partial charge in [0.15, 0.2) is 5.15 Å². The van der Waals surface area contributed by atoms with Gasteiger partial charge in [-0.05, 0) is 68.8 Å². The quantitative estimate of drug-likeness (QED) is 0.201. The molecule has 0 atom stereocenters. The maximum atomic E-state index is 13.8. The molecule has 0 saturated carbocycles. The summed E-state index contributed by atoms with van der Waals surface area (Å²) in [6.07, 6.45) is 6.08. The van der Waals surface area contributed by atoms with Crippen LogP contribution in [0.5, 0.6) is 5.75 Å². The smallest absolute Gasteiger partial charge is 0.264 e. The Hall–Kier alpha value is -2.03. The number of benzene rings is 2. The lowest BCUT2D eigenvalue weighted by atomic mass is 10.1. The van der Waals surface area contributed by atoms with Crippen molar-refractivity contribution >= 4 is 50.5 Å². The second-order valence-corrected chi connectivity index (χ2v) is 11.7. The van der Waals surface area contributed by atoms with Crippen LogP contribution in [0.4, 0.5) is 5.69 Å². The number of anilines is 1. The van der Waals surface area contributed by atoms with Gasteiger partial charge < -0.3 is 9.64 Å². The van der Waals surface area contributed by atoms with Crippen molar-refractivity contribution in [1.29, 1.82) is 0 Å². The molecule has 1 fully saturated rings. The zero-order valence-corrected chi connectivity index (χ0v) is 22.8. The van der Waals surface area contributed by atoms with Gasteiger partial charge in [0.2, 0.25) is 0 Å². The molecule has 0 unspecified atom stereocenters. The van der Waals surface area contributed by atoms with Crippen LogP contribution in [0, 0.1) is 0 Å². The molecule has 0 amide bonds. The van der Waals surface area contributed by atoms with Gasteiger partial charge in [-0.2, -0.15) is 0 Å². The lowest BCUT2D eigenvalue weighted by Gasteiger charge is -2.27. The van der Waals surface area contributed by atoms with Crippen LogP contribution >= 0.6 is 34.8 Å². The number of piperidine rings is 1. The molecule has 1 aliphatic heterocycles. The van der Waals surface area contributed by atoms with E-state index in [2.05, 4.69) is 9.88 Å². The summed E-state index contributed by atoms with van der Waals surface area (Å²) in [6, 6.07) is 14.9. The second kappa shape index (κ2) is 12.5. The Morgan fingerprint density at radius 2 is 1.67 bits per heavy atom. The van der Waals surface area contributed by atoms with Crippen molar-refractivity contribution in [3.63, 3.8) is 0 Å². The molecule has 0 radical (unpaired) electrons. The predicted octanol–water partition coefficient (Wildman–Crippen LogP) is 6.69. The molecule has 36 heavy (non-hydrogen) atoms. The van der Waals surface area contributed by atoms with Crippen LogP contribution in [-0.2, 0) is 16.6 Å². The number of pyridine rings is 1. The third-order valence-electron chi connectivity index (χ3n) is 6.07. The molecule has 0 spiro atoms. The molecule has 3 aromatic rings. The number of sulfonamides is 1. The summed E-state index contributed by atoms with van der Waals surface area (Å²) in [6.45, 7) is 3.79. The molecule has 0 aliphatic carbocycles. The highest BCUT2D eigenvalue weighted by molar-refractivity contribution is 7.92. The van der Waals surface area contributed by atoms with E-state index in [0.717, 1.165) is 26.1 Å². The minimum atomic E-state index is -4.04. The van der Waals surface area contributed by atoms with Crippen molar-refractivity contribution < 1.29 is 13.2 Å². The lowest BCUT2D eigenvalue weighted by molar-refractivity contribution is 0.204. The van der Waals surface area contributed by atoms with Crippen LogP contribution in [0.2, 0.25) is 15.2 Å². The summed E-state index contributed by atoms with van der Waals surface area (Å²) in [5, 5.41) is 0.732. The van der Waals surface area contributed by atoms with Crippen LogP contribution in [0.25, 0.3) is 0 Å². The first kappa shape index (κ1) is 27.0. The van der Waals surface area contributed by atoms with Crippen LogP contribution in [0.15, 0.2) is 65.7 Å². The number of hydrogen-bond acceptors (Lipinski definition) is 5. The van der Waals surface area contributed by atoms with Crippen LogP contribution in [0.3, 0.4) is 0 Å². The zero-order valence-electron chi connectivity index (χ0n) is 19.7. The number of aromatic nitrogens is 1. The van der Waals surface area contributed by atoms with Crippen LogP contribution < -0.4 is 9.04 Å². The number of likely N-dealkylation sites (tertiary alicyclic amines) is 1. The van der Waals surface area contributed by atoms with E-state index in [1.165, 1.54) is 60.1 Å². The van der Waals surface area contributed by atoms with Crippen molar-refractivity contribution in [3.8, 4) is 5.75 Å². The molecule has 10 heteroatoms. The molecule has 1 aromatic heterocycles. The summed E-state index contributed by atoms with van der Waals surface area (Å²) in [4.78, 5) is 6.60. The summed E-state index contributed by atoms with van der Waals surface area (Å²) >= 11 is 18.5. The fourth-order valence-electron chi connectivity index (χ4n) is 4.20. The van der Waals surface area contributed by atoms with Gasteiger partial charge in [0, 0.05) is 23.3 Å². The highest BCUT2D eigenvalue weighted by Crippen LogP contribution is 2.34. The van der Waals surface area contributed by atoms with Gasteiger partial charge in [-0.15, -0.1) is 0 Å². The van der Waals surface area contributed by atoms with Crippen molar-refractivity contribution in [2.45, 2.75) is 37.1 Å². The number of hydrogen-bond donors (Lipinski definition) is 0. The van der Waals surface area contributed by atoms with E-state index >= 15 is 0 Å². The zero-order chi connectivity index (χ0) is 25.5. The fraction of sp³-hybridized carbons (Fsp3) is 0.346. The van der Waals surface area contributed by atoms with Gasteiger partial charge >= 0.3 is 0 Å². The Morgan fingerprint density at radius 1 is 0.944 bits per heavy atom. The van der Waals surface area contributed by atoms with E-state index in [9.17, 15) is 8.42 Å². The van der Waals surface area contributed by atoms with E-state index < -0.39 is 10.0 Å². The average Bonchev–Trinajstić information content (AvgIpc) is 2.88. The van der Waals surface area contributed by atoms with E-state index in [1.807, 2.05) is 24.3 Å².